The van der Waals surface area contributed by atoms with Gasteiger partial charge in [-0.3, -0.25) is 4.79 Å². The van der Waals surface area contributed by atoms with E-state index in [4.69, 9.17) is 4.74 Å². The Hall–Kier alpha value is -2.97. The fourth-order valence-corrected chi connectivity index (χ4v) is 4.50. The van der Waals surface area contributed by atoms with E-state index in [0.29, 0.717) is 5.75 Å². The van der Waals surface area contributed by atoms with E-state index in [9.17, 15) is 4.79 Å². The van der Waals surface area contributed by atoms with Crippen molar-refractivity contribution >= 4 is 5.97 Å². The lowest BCUT2D eigenvalue weighted by Gasteiger charge is -2.27. The highest BCUT2D eigenvalue weighted by atomic mass is 16.5. The highest BCUT2D eigenvalue weighted by Gasteiger charge is 2.27. The molecule has 0 amide bonds. The van der Waals surface area contributed by atoms with Gasteiger partial charge in [-0.25, -0.2) is 0 Å². The van der Waals surface area contributed by atoms with Crippen LogP contribution in [0.2, 0.25) is 0 Å². The van der Waals surface area contributed by atoms with Crippen LogP contribution in [0.4, 0.5) is 0 Å². The van der Waals surface area contributed by atoms with Crippen molar-refractivity contribution in [3.63, 3.8) is 0 Å². The molecule has 0 N–H and O–H groups in total. The Kier molecular flexibility index (Phi) is 10.8. The monoisotopic (exact) mass is 454 g/mol. The number of carbonyl (C=O) groups is 1. The van der Waals surface area contributed by atoms with Crippen LogP contribution in [-0.2, 0) is 4.79 Å². The molecule has 1 aliphatic carbocycles. The summed E-state index contributed by atoms with van der Waals surface area (Å²) in [5.74, 6) is 13.9. The summed E-state index contributed by atoms with van der Waals surface area (Å²) in [5, 5.41) is 0. The Balaban J connectivity index is 1.43. The van der Waals surface area contributed by atoms with Gasteiger partial charge in [0, 0.05) is 23.1 Å². The number of rotatable bonds is 8. The van der Waals surface area contributed by atoms with Crippen LogP contribution in [0.25, 0.3) is 0 Å². The van der Waals surface area contributed by atoms with Crippen molar-refractivity contribution in [2.75, 3.05) is 0 Å². The third-order valence-electron chi connectivity index (χ3n) is 6.61. The molecular formula is C32H38O2. The third-order valence-corrected chi connectivity index (χ3v) is 6.61. The van der Waals surface area contributed by atoms with Gasteiger partial charge in [0.15, 0.2) is 0 Å². The summed E-state index contributed by atoms with van der Waals surface area (Å²) in [4.78, 5) is 12.6. The summed E-state index contributed by atoms with van der Waals surface area (Å²) < 4.78 is 5.68. The number of unbranched alkanes of at least 4 members (excludes halogenated alkanes) is 4. The predicted octanol–water partition coefficient (Wildman–Crippen LogP) is 7.92. The molecule has 0 heterocycles. The molecule has 0 saturated heterocycles. The Morgan fingerprint density at radius 3 is 1.91 bits per heavy atom. The summed E-state index contributed by atoms with van der Waals surface area (Å²) in [7, 11) is 0. The number of benzene rings is 2. The van der Waals surface area contributed by atoms with Gasteiger partial charge in [-0.1, -0.05) is 76.1 Å². The Labute approximate surface area is 206 Å². The highest BCUT2D eigenvalue weighted by Crippen LogP contribution is 2.33. The topological polar surface area (TPSA) is 26.3 Å². The van der Waals surface area contributed by atoms with E-state index in [0.717, 1.165) is 54.7 Å². The molecule has 1 saturated carbocycles. The molecule has 0 aromatic heterocycles. The smallest absolute Gasteiger partial charge is 0.314 e. The van der Waals surface area contributed by atoms with Gasteiger partial charge in [-0.15, -0.1) is 0 Å². The summed E-state index contributed by atoms with van der Waals surface area (Å²) >= 11 is 0. The molecule has 0 bridgehead atoms. The zero-order valence-corrected chi connectivity index (χ0v) is 20.9. The SMILES string of the molecule is CCC#Cc1ccc(C#Cc2ccc(OC(=O)C3CCC(CCCCCCC)CC3)cc2)cc1. The van der Waals surface area contributed by atoms with Gasteiger partial charge < -0.3 is 4.74 Å². The zero-order valence-electron chi connectivity index (χ0n) is 20.9. The van der Waals surface area contributed by atoms with E-state index in [1.165, 1.54) is 38.5 Å². The summed E-state index contributed by atoms with van der Waals surface area (Å²) in [5.41, 5.74) is 2.86. The maximum absolute atomic E-state index is 12.6. The molecule has 0 radical (unpaired) electrons. The summed E-state index contributed by atoms with van der Waals surface area (Å²) in [6.07, 6.45) is 13.1. The molecule has 2 aromatic carbocycles. The molecule has 2 aromatic rings. The van der Waals surface area contributed by atoms with Crippen molar-refractivity contribution in [1.82, 2.24) is 0 Å². The molecule has 0 aliphatic heterocycles. The van der Waals surface area contributed by atoms with E-state index in [1.54, 1.807) is 0 Å². The molecule has 1 aliphatic rings. The molecule has 2 nitrogen and oxygen atoms in total. The van der Waals surface area contributed by atoms with Crippen molar-refractivity contribution in [3.8, 4) is 29.4 Å². The first-order valence-electron chi connectivity index (χ1n) is 13.1. The molecule has 0 spiro atoms. The standard InChI is InChI=1S/C32H38O2/c1-3-5-7-8-9-11-27-18-22-30(23-19-27)32(33)34-31-24-20-29(21-25-31)17-16-28-14-12-26(13-15-28)10-6-4-2/h12-15,20-21,24-25,27,30H,3-5,7-9,11,18-19,22-23H2,1-2H3. The minimum Gasteiger partial charge on any atom is -0.426 e. The van der Waals surface area contributed by atoms with Gasteiger partial charge in [0.05, 0.1) is 5.92 Å². The first-order valence-corrected chi connectivity index (χ1v) is 13.1. The van der Waals surface area contributed by atoms with Crippen molar-refractivity contribution in [2.24, 2.45) is 11.8 Å². The van der Waals surface area contributed by atoms with Gasteiger partial charge in [-0.05, 0) is 80.1 Å². The molecule has 2 heteroatoms. The molecular weight excluding hydrogens is 416 g/mol. The van der Waals surface area contributed by atoms with Crippen LogP contribution < -0.4 is 4.74 Å². The van der Waals surface area contributed by atoms with E-state index in [1.807, 2.05) is 55.5 Å². The third kappa shape index (κ3) is 8.76. The van der Waals surface area contributed by atoms with Crippen LogP contribution in [0.15, 0.2) is 48.5 Å². The summed E-state index contributed by atoms with van der Waals surface area (Å²) in [6, 6.07) is 15.5. The number of carbonyl (C=O) groups excluding carboxylic acids is 1. The first-order chi connectivity index (χ1) is 16.7. The minimum absolute atomic E-state index is 0.0424. The normalized spacial score (nSPS) is 17.1. The van der Waals surface area contributed by atoms with E-state index >= 15 is 0 Å². The van der Waals surface area contributed by atoms with Crippen LogP contribution in [0.1, 0.15) is 101 Å². The number of ether oxygens (including phenoxy) is 1. The van der Waals surface area contributed by atoms with Gasteiger partial charge in [-0.2, -0.15) is 0 Å². The Bertz CT molecular complexity index is 1000. The lowest BCUT2D eigenvalue weighted by molar-refractivity contribution is -0.140. The van der Waals surface area contributed by atoms with Crippen LogP contribution >= 0.6 is 0 Å². The molecule has 0 atom stereocenters. The van der Waals surface area contributed by atoms with Crippen molar-refractivity contribution in [3.05, 3.63) is 65.2 Å². The first kappa shape index (κ1) is 25.6. The Morgan fingerprint density at radius 2 is 1.32 bits per heavy atom. The van der Waals surface area contributed by atoms with Crippen LogP contribution in [-0.4, -0.2) is 5.97 Å². The lowest BCUT2D eigenvalue weighted by Crippen LogP contribution is -2.25. The van der Waals surface area contributed by atoms with Gasteiger partial charge in [0.2, 0.25) is 0 Å². The average Bonchev–Trinajstić information content (AvgIpc) is 2.88. The van der Waals surface area contributed by atoms with E-state index in [2.05, 4.69) is 30.6 Å². The quantitative estimate of drug-likeness (QED) is 0.175. The van der Waals surface area contributed by atoms with Crippen LogP contribution in [0, 0.1) is 35.5 Å². The maximum atomic E-state index is 12.6. The van der Waals surface area contributed by atoms with Crippen LogP contribution in [0.3, 0.4) is 0 Å². The molecule has 178 valence electrons. The molecule has 0 unspecified atom stereocenters. The second-order valence-corrected chi connectivity index (χ2v) is 9.35. The lowest BCUT2D eigenvalue weighted by atomic mass is 9.80. The van der Waals surface area contributed by atoms with Gasteiger partial charge >= 0.3 is 5.97 Å². The van der Waals surface area contributed by atoms with Gasteiger partial charge in [0.25, 0.3) is 0 Å². The largest absolute Gasteiger partial charge is 0.426 e. The number of esters is 1. The van der Waals surface area contributed by atoms with Crippen molar-refractivity contribution in [1.29, 1.82) is 0 Å². The maximum Gasteiger partial charge on any atom is 0.314 e. The Morgan fingerprint density at radius 1 is 0.765 bits per heavy atom. The molecule has 34 heavy (non-hydrogen) atoms. The average molecular weight is 455 g/mol. The zero-order chi connectivity index (χ0) is 24.0. The fourth-order valence-electron chi connectivity index (χ4n) is 4.50. The van der Waals surface area contributed by atoms with Crippen molar-refractivity contribution in [2.45, 2.75) is 84.5 Å². The fraction of sp³-hybridized carbons (Fsp3) is 0.469. The minimum atomic E-state index is -0.0773. The summed E-state index contributed by atoms with van der Waals surface area (Å²) in [6.45, 7) is 4.30. The van der Waals surface area contributed by atoms with E-state index in [-0.39, 0.29) is 11.9 Å². The predicted molar refractivity (Wildman–Crippen MR) is 140 cm³/mol. The van der Waals surface area contributed by atoms with E-state index < -0.39 is 0 Å². The second kappa shape index (κ2) is 14.3. The number of hydrogen-bond acceptors (Lipinski definition) is 2. The molecule has 3 rings (SSSR count). The van der Waals surface area contributed by atoms with Gasteiger partial charge in [0.1, 0.15) is 5.75 Å². The molecule has 1 fully saturated rings. The highest BCUT2D eigenvalue weighted by molar-refractivity contribution is 5.75. The second-order valence-electron chi connectivity index (χ2n) is 9.35. The van der Waals surface area contributed by atoms with Crippen molar-refractivity contribution < 1.29 is 9.53 Å². The van der Waals surface area contributed by atoms with Crippen LogP contribution in [0.5, 0.6) is 5.75 Å². The number of hydrogen-bond donors (Lipinski definition) is 0.